The molecule has 0 amide bonds. The summed E-state index contributed by atoms with van der Waals surface area (Å²) >= 11 is 5.35. The molecule has 1 N–H and O–H groups in total. The third-order valence-electron chi connectivity index (χ3n) is 3.97. The van der Waals surface area contributed by atoms with Gasteiger partial charge in [0.25, 0.3) is 0 Å². The number of thiocarbonyl (C=S) groups is 1. The van der Waals surface area contributed by atoms with Crippen molar-refractivity contribution in [1.29, 1.82) is 0 Å². The molecular formula is C16H18FN3O3S2. The Kier molecular flexibility index (Phi) is 5.36. The van der Waals surface area contributed by atoms with E-state index in [0.29, 0.717) is 37.8 Å². The van der Waals surface area contributed by atoms with Crippen LogP contribution in [0.1, 0.15) is 5.76 Å². The van der Waals surface area contributed by atoms with Crippen LogP contribution in [0.3, 0.4) is 0 Å². The van der Waals surface area contributed by atoms with Crippen molar-refractivity contribution < 1.29 is 17.2 Å². The molecule has 6 nitrogen and oxygen atoms in total. The largest absolute Gasteiger partial charge is 0.467 e. The van der Waals surface area contributed by atoms with Crippen LogP contribution in [0.25, 0.3) is 0 Å². The molecule has 2 heterocycles. The summed E-state index contributed by atoms with van der Waals surface area (Å²) in [4.78, 5) is 2.02. The van der Waals surface area contributed by atoms with E-state index >= 15 is 0 Å². The molecule has 25 heavy (non-hydrogen) atoms. The van der Waals surface area contributed by atoms with E-state index in [-0.39, 0.29) is 4.90 Å². The predicted molar refractivity (Wildman–Crippen MR) is 94.9 cm³/mol. The Labute approximate surface area is 151 Å². The van der Waals surface area contributed by atoms with Crippen LogP contribution in [0.5, 0.6) is 0 Å². The summed E-state index contributed by atoms with van der Waals surface area (Å²) < 4.78 is 44.8. The standard InChI is InChI=1S/C16H18FN3O3S2/c17-13-3-5-15(6-4-13)25(21,22)20-9-7-19(8-10-20)16(24)18-12-14-2-1-11-23-14/h1-6,11H,7-10,12H2,(H,18,24). The fraction of sp³-hybridized carbons (Fsp3) is 0.312. The van der Waals surface area contributed by atoms with Crippen molar-refractivity contribution in [3.63, 3.8) is 0 Å². The first-order chi connectivity index (χ1) is 12.0. The van der Waals surface area contributed by atoms with Crippen molar-refractivity contribution >= 4 is 27.4 Å². The van der Waals surface area contributed by atoms with Crippen molar-refractivity contribution in [3.8, 4) is 0 Å². The van der Waals surface area contributed by atoms with Gasteiger partial charge >= 0.3 is 0 Å². The lowest BCUT2D eigenvalue weighted by Crippen LogP contribution is -2.52. The first-order valence-corrected chi connectivity index (χ1v) is 9.62. The first kappa shape index (κ1) is 17.8. The van der Waals surface area contributed by atoms with Crippen LogP contribution >= 0.6 is 12.2 Å². The molecule has 0 bridgehead atoms. The lowest BCUT2D eigenvalue weighted by molar-refractivity contribution is 0.263. The highest BCUT2D eigenvalue weighted by atomic mass is 32.2. The van der Waals surface area contributed by atoms with Gasteiger partial charge in [0.15, 0.2) is 5.11 Å². The molecule has 1 fully saturated rings. The highest BCUT2D eigenvalue weighted by Gasteiger charge is 2.29. The summed E-state index contributed by atoms with van der Waals surface area (Å²) in [5, 5.41) is 3.67. The van der Waals surface area contributed by atoms with E-state index in [0.717, 1.165) is 17.9 Å². The van der Waals surface area contributed by atoms with E-state index in [1.165, 1.54) is 16.4 Å². The topological polar surface area (TPSA) is 65.8 Å². The summed E-state index contributed by atoms with van der Waals surface area (Å²) in [6, 6.07) is 8.52. The highest BCUT2D eigenvalue weighted by Crippen LogP contribution is 2.18. The van der Waals surface area contributed by atoms with E-state index in [2.05, 4.69) is 5.32 Å². The SMILES string of the molecule is O=S(=O)(c1ccc(F)cc1)N1CCN(C(=S)NCc2ccco2)CC1. The maximum Gasteiger partial charge on any atom is 0.243 e. The van der Waals surface area contributed by atoms with Gasteiger partial charge in [-0.15, -0.1) is 0 Å². The van der Waals surface area contributed by atoms with Gasteiger partial charge in [-0.1, -0.05) is 0 Å². The van der Waals surface area contributed by atoms with Crippen LogP contribution in [-0.4, -0.2) is 48.9 Å². The van der Waals surface area contributed by atoms with Gasteiger partial charge in [0.1, 0.15) is 11.6 Å². The van der Waals surface area contributed by atoms with Crippen LogP contribution in [0.4, 0.5) is 4.39 Å². The summed E-state index contributed by atoms with van der Waals surface area (Å²) in [5.41, 5.74) is 0. The Balaban J connectivity index is 1.55. The van der Waals surface area contributed by atoms with E-state index in [9.17, 15) is 12.8 Å². The molecule has 3 rings (SSSR count). The molecule has 134 valence electrons. The lowest BCUT2D eigenvalue weighted by atomic mass is 10.3. The van der Waals surface area contributed by atoms with Crippen molar-refractivity contribution in [1.82, 2.24) is 14.5 Å². The third kappa shape index (κ3) is 4.17. The van der Waals surface area contributed by atoms with Crippen LogP contribution in [-0.2, 0) is 16.6 Å². The second-order valence-electron chi connectivity index (χ2n) is 5.58. The Morgan fingerprint density at radius 3 is 2.44 bits per heavy atom. The molecule has 0 radical (unpaired) electrons. The molecule has 0 aliphatic carbocycles. The minimum absolute atomic E-state index is 0.0980. The fourth-order valence-corrected chi connectivity index (χ4v) is 4.25. The third-order valence-corrected chi connectivity index (χ3v) is 6.29. The molecule has 0 unspecified atom stereocenters. The zero-order valence-corrected chi connectivity index (χ0v) is 15.0. The molecule has 1 saturated heterocycles. The first-order valence-electron chi connectivity index (χ1n) is 7.78. The minimum atomic E-state index is -3.61. The van der Waals surface area contributed by atoms with Gasteiger partial charge in [0, 0.05) is 26.2 Å². The molecule has 1 aromatic heterocycles. The number of piperazine rings is 1. The van der Waals surface area contributed by atoms with Gasteiger partial charge in [-0.05, 0) is 48.6 Å². The zero-order valence-electron chi connectivity index (χ0n) is 13.4. The number of halogens is 1. The van der Waals surface area contributed by atoms with Gasteiger partial charge < -0.3 is 14.6 Å². The number of benzene rings is 1. The molecule has 0 spiro atoms. The number of nitrogens with zero attached hydrogens (tertiary/aromatic N) is 2. The molecule has 1 aromatic carbocycles. The predicted octanol–water partition coefficient (Wildman–Crippen LogP) is 1.80. The van der Waals surface area contributed by atoms with Crippen molar-refractivity contribution in [2.45, 2.75) is 11.4 Å². The average Bonchev–Trinajstić information content (AvgIpc) is 3.14. The molecule has 1 aliphatic rings. The number of hydrogen-bond acceptors (Lipinski definition) is 4. The monoisotopic (exact) mass is 383 g/mol. The average molecular weight is 383 g/mol. The normalized spacial score (nSPS) is 16.0. The fourth-order valence-electron chi connectivity index (χ4n) is 2.57. The highest BCUT2D eigenvalue weighted by molar-refractivity contribution is 7.89. The second kappa shape index (κ2) is 7.51. The van der Waals surface area contributed by atoms with Gasteiger partial charge in [0.05, 0.1) is 17.7 Å². The molecule has 9 heteroatoms. The quantitative estimate of drug-likeness (QED) is 0.813. The molecule has 2 aromatic rings. The molecule has 0 saturated carbocycles. The van der Waals surface area contributed by atoms with Crippen LogP contribution in [0.15, 0.2) is 52.0 Å². The van der Waals surface area contributed by atoms with Crippen LogP contribution < -0.4 is 5.32 Å². The maximum absolute atomic E-state index is 13.0. The summed E-state index contributed by atoms with van der Waals surface area (Å²) in [6.45, 7) is 2.11. The lowest BCUT2D eigenvalue weighted by Gasteiger charge is -2.35. The molecular weight excluding hydrogens is 365 g/mol. The number of nitrogens with one attached hydrogen (secondary N) is 1. The number of hydrogen-bond donors (Lipinski definition) is 1. The minimum Gasteiger partial charge on any atom is -0.467 e. The van der Waals surface area contributed by atoms with Gasteiger partial charge in [-0.2, -0.15) is 4.31 Å². The van der Waals surface area contributed by atoms with Crippen molar-refractivity contribution in [2.75, 3.05) is 26.2 Å². The van der Waals surface area contributed by atoms with Crippen molar-refractivity contribution in [2.24, 2.45) is 0 Å². The molecule has 0 atom stereocenters. The Bertz CT molecular complexity index is 815. The van der Waals surface area contributed by atoms with E-state index in [1.54, 1.807) is 12.3 Å². The smallest absolute Gasteiger partial charge is 0.243 e. The Hall–Kier alpha value is -1.97. The summed E-state index contributed by atoms with van der Waals surface area (Å²) in [5.74, 6) is 0.316. The Morgan fingerprint density at radius 2 is 1.84 bits per heavy atom. The molecule has 1 aliphatic heterocycles. The number of sulfonamides is 1. The van der Waals surface area contributed by atoms with E-state index in [4.69, 9.17) is 16.6 Å². The van der Waals surface area contributed by atoms with E-state index < -0.39 is 15.8 Å². The number of rotatable bonds is 4. The zero-order chi connectivity index (χ0) is 17.9. The summed E-state index contributed by atoms with van der Waals surface area (Å²) in [6.07, 6.45) is 1.60. The van der Waals surface area contributed by atoms with Crippen LogP contribution in [0, 0.1) is 5.82 Å². The second-order valence-corrected chi connectivity index (χ2v) is 7.91. The van der Waals surface area contributed by atoms with Gasteiger partial charge in [0.2, 0.25) is 10.0 Å². The Morgan fingerprint density at radius 1 is 1.16 bits per heavy atom. The van der Waals surface area contributed by atoms with E-state index in [1.807, 2.05) is 11.0 Å². The van der Waals surface area contributed by atoms with Crippen molar-refractivity contribution in [3.05, 3.63) is 54.2 Å². The van der Waals surface area contributed by atoms with Crippen LogP contribution in [0.2, 0.25) is 0 Å². The number of furan rings is 1. The maximum atomic E-state index is 13.0. The van der Waals surface area contributed by atoms with Gasteiger partial charge in [-0.3, -0.25) is 0 Å². The van der Waals surface area contributed by atoms with Gasteiger partial charge in [-0.25, -0.2) is 12.8 Å². The summed E-state index contributed by atoms with van der Waals surface area (Å²) in [7, 11) is -3.61.